The number of nitrogens with one attached hydrogen (secondary N) is 1. The fourth-order valence-electron chi connectivity index (χ4n) is 3.44. The molecule has 1 aromatic carbocycles. The fourth-order valence-corrected chi connectivity index (χ4v) is 3.44. The molecule has 1 aliphatic rings. The lowest BCUT2D eigenvalue weighted by Gasteiger charge is -2.28. The molecule has 0 bridgehead atoms. The molecule has 0 radical (unpaired) electrons. The number of aromatic nitrogens is 2. The molecule has 2 N–H and O–H groups in total. The van der Waals surface area contributed by atoms with Crippen LogP contribution in [0.5, 0.6) is 0 Å². The second kappa shape index (κ2) is 5.81. The summed E-state index contributed by atoms with van der Waals surface area (Å²) in [4.78, 5) is 40.6. The van der Waals surface area contributed by atoms with Crippen molar-refractivity contribution < 1.29 is 14.7 Å². The van der Waals surface area contributed by atoms with E-state index in [4.69, 9.17) is 0 Å². The number of carbonyl (C=O) groups is 2. The second-order valence-corrected chi connectivity index (χ2v) is 6.71. The summed E-state index contributed by atoms with van der Waals surface area (Å²) in [5.41, 5.74) is 0.111. The van der Waals surface area contributed by atoms with Crippen LogP contribution in [-0.2, 0) is 16.1 Å². The maximum Gasteiger partial charge on any atom is 0.326 e. The van der Waals surface area contributed by atoms with Gasteiger partial charge >= 0.3 is 11.7 Å². The molecule has 24 heavy (non-hydrogen) atoms. The third-order valence-corrected chi connectivity index (χ3v) is 5.16. The first kappa shape index (κ1) is 16.3. The molecule has 1 saturated heterocycles. The van der Waals surface area contributed by atoms with Crippen LogP contribution in [0.25, 0.3) is 11.0 Å². The maximum atomic E-state index is 12.6. The summed E-state index contributed by atoms with van der Waals surface area (Å²) in [5, 5.41) is 9.58. The Labute approximate surface area is 138 Å². The number of hydrogen-bond acceptors (Lipinski definition) is 3. The van der Waals surface area contributed by atoms with Gasteiger partial charge < -0.3 is 15.0 Å². The average molecular weight is 331 g/mol. The molecule has 1 atom stereocenters. The van der Waals surface area contributed by atoms with Crippen molar-refractivity contribution in [2.45, 2.75) is 26.8 Å². The summed E-state index contributed by atoms with van der Waals surface area (Å²) in [6.45, 7) is 4.24. The average Bonchev–Trinajstić information content (AvgIpc) is 3.11. The van der Waals surface area contributed by atoms with E-state index in [-0.39, 0.29) is 30.6 Å². The van der Waals surface area contributed by atoms with Crippen molar-refractivity contribution in [3.8, 4) is 0 Å². The monoisotopic (exact) mass is 331 g/mol. The van der Waals surface area contributed by atoms with E-state index in [1.807, 2.05) is 19.9 Å². The summed E-state index contributed by atoms with van der Waals surface area (Å²) in [7, 11) is 0. The van der Waals surface area contributed by atoms with Gasteiger partial charge in [0.1, 0.15) is 6.54 Å². The number of carboxylic acids is 1. The van der Waals surface area contributed by atoms with Gasteiger partial charge in [-0.05, 0) is 24.5 Å². The second-order valence-electron chi connectivity index (χ2n) is 6.71. The predicted octanol–water partition coefficient (Wildman–Crippen LogP) is 1.29. The van der Waals surface area contributed by atoms with E-state index < -0.39 is 11.4 Å². The van der Waals surface area contributed by atoms with Gasteiger partial charge in [-0.15, -0.1) is 0 Å². The van der Waals surface area contributed by atoms with E-state index in [0.29, 0.717) is 24.0 Å². The standard InChI is InChI=1S/C17H21N3O4/c1-11(2)17(15(22)23)7-8-19(10-17)14(21)9-20-13-6-4-3-5-12(13)18-16(20)24/h3-6,11H,7-10H2,1-2H3,(H,18,24)(H,22,23). The lowest BCUT2D eigenvalue weighted by Crippen LogP contribution is -2.41. The Morgan fingerprint density at radius 3 is 2.67 bits per heavy atom. The number of carboxylic acid groups (broad SMARTS) is 1. The van der Waals surface area contributed by atoms with E-state index in [1.165, 1.54) is 4.57 Å². The smallest absolute Gasteiger partial charge is 0.326 e. The zero-order chi connectivity index (χ0) is 17.5. The maximum absolute atomic E-state index is 12.6. The molecule has 7 nitrogen and oxygen atoms in total. The summed E-state index contributed by atoms with van der Waals surface area (Å²) >= 11 is 0. The van der Waals surface area contributed by atoms with Gasteiger partial charge in [0.25, 0.3) is 0 Å². The van der Waals surface area contributed by atoms with E-state index in [9.17, 15) is 19.5 Å². The highest BCUT2D eigenvalue weighted by molar-refractivity contribution is 5.82. The van der Waals surface area contributed by atoms with Crippen LogP contribution >= 0.6 is 0 Å². The molecule has 1 aliphatic heterocycles. The third-order valence-electron chi connectivity index (χ3n) is 5.16. The van der Waals surface area contributed by atoms with Crippen LogP contribution in [0.15, 0.2) is 29.1 Å². The van der Waals surface area contributed by atoms with Gasteiger partial charge in [0.2, 0.25) is 5.91 Å². The number of amides is 1. The van der Waals surface area contributed by atoms with E-state index in [2.05, 4.69) is 4.98 Å². The molecule has 1 aromatic heterocycles. The first-order valence-corrected chi connectivity index (χ1v) is 8.04. The highest BCUT2D eigenvalue weighted by Gasteiger charge is 2.48. The number of aromatic amines is 1. The number of carbonyl (C=O) groups excluding carboxylic acids is 1. The van der Waals surface area contributed by atoms with Crippen LogP contribution < -0.4 is 5.69 Å². The van der Waals surface area contributed by atoms with Gasteiger partial charge in [-0.3, -0.25) is 14.2 Å². The van der Waals surface area contributed by atoms with Crippen molar-refractivity contribution in [3.63, 3.8) is 0 Å². The quantitative estimate of drug-likeness (QED) is 0.882. The first-order chi connectivity index (χ1) is 11.3. The normalized spacial score (nSPS) is 20.9. The van der Waals surface area contributed by atoms with Gasteiger partial charge in [-0.1, -0.05) is 26.0 Å². The molecule has 2 heterocycles. The van der Waals surface area contributed by atoms with Gasteiger partial charge in [-0.25, -0.2) is 4.79 Å². The number of H-pyrrole nitrogens is 1. The number of rotatable bonds is 4. The van der Waals surface area contributed by atoms with Crippen LogP contribution in [0.1, 0.15) is 20.3 Å². The number of aliphatic carboxylic acids is 1. The summed E-state index contributed by atoms with van der Waals surface area (Å²) in [6.07, 6.45) is 0.439. The summed E-state index contributed by atoms with van der Waals surface area (Å²) in [5.74, 6) is -1.16. The molecule has 128 valence electrons. The van der Waals surface area contributed by atoms with Gasteiger partial charge in [0, 0.05) is 13.1 Å². The zero-order valence-electron chi connectivity index (χ0n) is 13.8. The Balaban J connectivity index is 1.82. The Morgan fingerprint density at radius 2 is 2.04 bits per heavy atom. The van der Waals surface area contributed by atoms with Gasteiger partial charge in [0.05, 0.1) is 16.4 Å². The Morgan fingerprint density at radius 1 is 1.33 bits per heavy atom. The molecule has 1 amide bonds. The Kier molecular flexibility index (Phi) is 3.95. The largest absolute Gasteiger partial charge is 0.481 e. The fraction of sp³-hybridized carbons (Fsp3) is 0.471. The minimum Gasteiger partial charge on any atom is -0.481 e. The van der Waals surface area contributed by atoms with Gasteiger partial charge in [0.15, 0.2) is 0 Å². The Bertz CT molecular complexity index is 851. The zero-order valence-corrected chi connectivity index (χ0v) is 13.8. The molecule has 1 fully saturated rings. The number of imidazole rings is 1. The summed E-state index contributed by atoms with van der Waals surface area (Å²) in [6, 6.07) is 7.18. The van der Waals surface area contributed by atoms with Crippen LogP contribution in [0.2, 0.25) is 0 Å². The van der Waals surface area contributed by atoms with Crippen LogP contribution in [0.3, 0.4) is 0 Å². The highest BCUT2D eigenvalue weighted by Crippen LogP contribution is 2.38. The number of likely N-dealkylation sites (tertiary alicyclic amines) is 1. The number of benzene rings is 1. The number of para-hydroxylation sites is 2. The van der Waals surface area contributed by atoms with Crippen LogP contribution in [0, 0.1) is 11.3 Å². The lowest BCUT2D eigenvalue weighted by molar-refractivity contribution is -0.151. The molecule has 7 heteroatoms. The van der Waals surface area contributed by atoms with Crippen molar-refractivity contribution in [2.75, 3.05) is 13.1 Å². The summed E-state index contributed by atoms with van der Waals surface area (Å²) < 4.78 is 1.40. The van der Waals surface area contributed by atoms with Crippen LogP contribution in [0.4, 0.5) is 0 Å². The minimum absolute atomic E-state index is 0.0661. The molecule has 2 aromatic rings. The topological polar surface area (TPSA) is 95.4 Å². The number of nitrogens with zero attached hydrogens (tertiary/aromatic N) is 2. The van der Waals surface area contributed by atoms with Crippen molar-refractivity contribution in [3.05, 3.63) is 34.7 Å². The molecule has 1 unspecified atom stereocenters. The third kappa shape index (κ3) is 2.50. The molecule has 3 rings (SSSR count). The van der Waals surface area contributed by atoms with Crippen LogP contribution in [-0.4, -0.2) is 44.5 Å². The number of fused-ring (bicyclic) bond motifs is 1. The van der Waals surface area contributed by atoms with Crippen molar-refractivity contribution in [1.82, 2.24) is 14.5 Å². The van der Waals surface area contributed by atoms with E-state index in [1.54, 1.807) is 23.1 Å². The van der Waals surface area contributed by atoms with Crippen molar-refractivity contribution in [1.29, 1.82) is 0 Å². The predicted molar refractivity (Wildman–Crippen MR) is 88.7 cm³/mol. The molecule has 0 aliphatic carbocycles. The van der Waals surface area contributed by atoms with E-state index in [0.717, 1.165) is 0 Å². The van der Waals surface area contributed by atoms with E-state index >= 15 is 0 Å². The molecular formula is C17H21N3O4. The minimum atomic E-state index is -0.902. The highest BCUT2D eigenvalue weighted by atomic mass is 16.4. The lowest BCUT2D eigenvalue weighted by atomic mass is 9.76. The SMILES string of the molecule is CC(C)C1(C(=O)O)CCN(C(=O)Cn2c(=O)[nH]c3ccccc32)C1. The molecular weight excluding hydrogens is 310 g/mol. The first-order valence-electron chi connectivity index (χ1n) is 8.04. The number of hydrogen-bond donors (Lipinski definition) is 2. The van der Waals surface area contributed by atoms with Crippen molar-refractivity contribution in [2.24, 2.45) is 11.3 Å². The van der Waals surface area contributed by atoms with Gasteiger partial charge in [-0.2, -0.15) is 0 Å². The molecule has 0 spiro atoms. The van der Waals surface area contributed by atoms with Crippen molar-refractivity contribution >= 4 is 22.9 Å². The Hall–Kier alpha value is -2.57. The molecule has 0 saturated carbocycles.